The molecule has 0 bridgehead atoms. The van der Waals surface area contributed by atoms with Crippen molar-refractivity contribution >= 4 is 11.8 Å². The third kappa shape index (κ3) is 4.20. The van der Waals surface area contributed by atoms with Crippen LogP contribution >= 0.6 is 11.8 Å². The van der Waals surface area contributed by atoms with E-state index in [2.05, 4.69) is 18.5 Å². The quantitative estimate of drug-likeness (QED) is 0.739. The van der Waals surface area contributed by atoms with Gasteiger partial charge in [-0.3, -0.25) is 0 Å². The Morgan fingerprint density at radius 3 is 2.79 bits per heavy atom. The van der Waals surface area contributed by atoms with E-state index in [1.54, 1.807) is 0 Å². The van der Waals surface area contributed by atoms with Gasteiger partial charge >= 0.3 is 0 Å². The Kier molecular flexibility index (Phi) is 5.90. The molecule has 0 aromatic rings. The zero-order valence-corrected chi connectivity index (χ0v) is 10.1. The van der Waals surface area contributed by atoms with Gasteiger partial charge in [0, 0.05) is 12.1 Å². The molecule has 2 N–H and O–H groups in total. The SMILES string of the molecule is CSCCC(C)N[C@H]1CCCC[C@@H]1O. The van der Waals surface area contributed by atoms with Gasteiger partial charge in [0.05, 0.1) is 6.10 Å². The fraction of sp³-hybridized carbons (Fsp3) is 1.00. The first-order valence-corrected chi connectivity index (χ1v) is 7.06. The van der Waals surface area contributed by atoms with Gasteiger partial charge in [-0.15, -0.1) is 0 Å². The molecular weight excluding hydrogens is 194 g/mol. The van der Waals surface area contributed by atoms with Crippen molar-refractivity contribution in [1.29, 1.82) is 0 Å². The van der Waals surface area contributed by atoms with Crippen LogP contribution in [0, 0.1) is 0 Å². The van der Waals surface area contributed by atoms with E-state index in [-0.39, 0.29) is 6.10 Å². The number of hydrogen-bond acceptors (Lipinski definition) is 3. The molecule has 1 unspecified atom stereocenters. The van der Waals surface area contributed by atoms with Crippen LogP contribution in [-0.2, 0) is 0 Å². The largest absolute Gasteiger partial charge is 0.392 e. The summed E-state index contributed by atoms with van der Waals surface area (Å²) in [5.41, 5.74) is 0. The van der Waals surface area contributed by atoms with Crippen LogP contribution in [0.4, 0.5) is 0 Å². The molecule has 0 spiro atoms. The Morgan fingerprint density at radius 2 is 2.14 bits per heavy atom. The van der Waals surface area contributed by atoms with E-state index in [0.29, 0.717) is 12.1 Å². The molecule has 0 aliphatic heterocycles. The number of rotatable bonds is 5. The molecule has 0 saturated heterocycles. The summed E-state index contributed by atoms with van der Waals surface area (Å²) in [5.74, 6) is 1.21. The molecule has 1 aliphatic carbocycles. The molecule has 1 saturated carbocycles. The van der Waals surface area contributed by atoms with Crippen LogP contribution in [0.2, 0.25) is 0 Å². The van der Waals surface area contributed by atoms with Gasteiger partial charge in [0.25, 0.3) is 0 Å². The Hall–Kier alpha value is 0.270. The Bertz CT molecular complexity index is 154. The molecular formula is C11H23NOS. The maximum Gasteiger partial charge on any atom is 0.0693 e. The molecule has 84 valence electrons. The summed E-state index contributed by atoms with van der Waals surface area (Å²) in [6, 6.07) is 0.890. The van der Waals surface area contributed by atoms with E-state index in [0.717, 1.165) is 12.8 Å². The van der Waals surface area contributed by atoms with Crippen LogP contribution in [0.1, 0.15) is 39.0 Å². The lowest BCUT2D eigenvalue weighted by Gasteiger charge is -2.31. The van der Waals surface area contributed by atoms with Crippen molar-refractivity contribution in [3.8, 4) is 0 Å². The van der Waals surface area contributed by atoms with E-state index in [9.17, 15) is 5.11 Å². The van der Waals surface area contributed by atoms with E-state index >= 15 is 0 Å². The highest BCUT2D eigenvalue weighted by atomic mass is 32.2. The van der Waals surface area contributed by atoms with Gasteiger partial charge in [-0.25, -0.2) is 0 Å². The lowest BCUT2D eigenvalue weighted by atomic mass is 9.92. The predicted octanol–water partition coefficient (Wildman–Crippen LogP) is 2.02. The zero-order valence-electron chi connectivity index (χ0n) is 9.33. The topological polar surface area (TPSA) is 32.3 Å². The maximum absolute atomic E-state index is 9.78. The third-order valence-electron chi connectivity index (χ3n) is 2.98. The Balaban J connectivity index is 2.20. The zero-order chi connectivity index (χ0) is 10.4. The van der Waals surface area contributed by atoms with Crippen LogP contribution in [0.5, 0.6) is 0 Å². The Morgan fingerprint density at radius 1 is 1.43 bits per heavy atom. The molecule has 3 heteroatoms. The molecule has 2 nitrogen and oxygen atoms in total. The first-order valence-electron chi connectivity index (χ1n) is 5.67. The fourth-order valence-electron chi connectivity index (χ4n) is 2.05. The average Bonchev–Trinajstić information content (AvgIpc) is 2.18. The van der Waals surface area contributed by atoms with Gasteiger partial charge in [-0.2, -0.15) is 11.8 Å². The van der Waals surface area contributed by atoms with Crippen LogP contribution in [0.15, 0.2) is 0 Å². The van der Waals surface area contributed by atoms with Gasteiger partial charge in [0.1, 0.15) is 0 Å². The first kappa shape index (κ1) is 12.3. The minimum Gasteiger partial charge on any atom is -0.392 e. The van der Waals surface area contributed by atoms with E-state index in [1.807, 2.05) is 11.8 Å². The van der Waals surface area contributed by atoms with E-state index in [1.165, 1.54) is 25.0 Å². The highest BCUT2D eigenvalue weighted by Crippen LogP contribution is 2.19. The predicted molar refractivity (Wildman–Crippen MR) is 63.9 cm³/mol. The number of aliphatic hydroxyl groups excluding tert-OH is 1. The number of aliphatic hydroxyl groups is 1. The van der Waals surface area contributed by atoms with Crippen LogP contribution in [-0.4, -0.2) is 35.3 Å². The van der Waals surface area contributed by atoms with Crippen molar-refractivity contribution in [3.63, 3.8) is 0 Å². The van der Waals surface area contributed by atoms with Gasteiger partial charge < -0.3 is 10.4 Å². The van der Waals surface area contributed by atoms with Gasteiger partial charge in [0.15, 0.2) is 0 Å². The summed E-state index contributed by atoms with van der Waals surface area (Å²) in [7, 11) is 0. The average molecular weight is 217 g/mol. The monoisotopic (exact) mass is 217 g/mol. The van der Waals surface area contributed by atoms with Crippen molar-refractivity contribution in [1.82, 2.24) is 5.32 Å². The standard InChI is InChI=1S/C11H23NOS/c1-9(7-8-14-2)12-10-5-3-4-6-11(10)13/h9-13H,3-8H2,1-2H3/t9?,10-,11-/m0/s1. The molecule has 0 heterocycles. The fourth-order valence-corrected chi connectivity index (χ4v) is 2.64. The highest BCUT2D eigenvalue weighted by molar-refractivity contribution is 7.98. The molecule has 1 aliphatic rings. The second-order valence-electron chi connectivity index (χ2n) is 4.31. The van der Waals surface area contributed by atoms with Crippen molar-refractivity contribution in [2.24, 2.45) is 0 Å². The van der Waals surface area contributed by atoms with Gasteiger partial charge in [-0.1, -0.05) is 12.8 Å². The first-order chi connectivity index (χ1) is 6.74. The van der Waals surface area contributed by atoms with Gasteiger partial charge in [0.2, 0.25) is 0 Å². The molecule has 0 aromatic heterocycles. The van der Waals surface area contributed by atoms with E-state index in [4.69, 9.17) is 0 Å². The smallest absolute Gasteiger partial charge is 0.0693 e. The molecule has 3 atom stereocenters. The van der Waals surface area contributed by atoms with Crippen molar-refractivity contribution in [2.45, 2.75) is 57.2 Å². The summed E-state index contributed by atoms with van der Waals surface area (Å²) in [5, 5.41) is 13.3. The van der Waals surface area contributed by atoms with Gasteiger partial charge in [-0.05, 0) is 38.2 Å². The lowest BCUT2D eigenvalue weighted by molar-refractivity contribution is 0.0858. The van der Waals surface area contributed by atoms with Crippen molar-refractivity contribution in [2.75, 3.05) is 12.0 Å². The number of nitrogens with one attached hydrogen (secondary N) is 1. The maximum atomic E-state index is 9.78. The lowest BCUT2D eigenvalue weighted by Crippen LogP contribution is -2.46. The minimum absolute atomic E-state index is 0.111. The van der Waals surface area contributed by atoms with Crippen LogP contribution < -0.4 is 5.32 Å². The molecule has 1 rings (SSSR count). The summed E-state index contributed by atoms with van der Waals surface area (Å²) in [6.07, 6.45) is 7.81. The minimum atomic E-state index is -0.111. The molecule has 1 fully saturated rings. The second kappa shape index (κ2) is 6.70. The van der Waals surface area contributed by atoms with E-state index < -0.39 is 0 Å². The molecule has 0 aromatic carbocycles. The van der Waals surface area contributed by atoms with Crippen LogP contribution in [0.3, 0.4) is 0 Å². The summed E-state index contributed by atoms with van der Waals surface area (Å²) in [6.45, 7) is 2.22. The van der Waals surface area contributed by atoms with Crippen molar-refractivity contribution in [3.05, 3.63) is 0 Å². The molecule has 14 heavy (non-hydrogen) atoms. The highest BCUT2D eigenvalue weighted by Gasteiger charge is 2.23. The second-order valence-corrected chi connectivity index (χ2v) is 5.29. The normalized spacial score (nSPS) is 30.2. The number of hydrogen-bond donors (Lipinski definition) is 2. The summed E-state index contributed by atoms with van der Waals surface area (Å²) in [4.78, 5) is 0. The van der Waals surface area contributed by atoms with Crippen molar-refractivity contribution < 1.29 is 5.11 Å². The third-order valence-corrected chi connectivity index (χ3v) is 3.63. The molecule has 0 amide bonds. The molecule has 0 radical (unpaired) electrons. The van der Waals surface area contributed by atoms with Crippen LogP contribution in [0.25, 0.3) is 0 Å². The summed E-state index contributed by atoms with van der Waals surface area (Å²) >= 11 is 1.89. The number of thioether (sulfide) groups is 1. The Labute approximate surface area is 91.9 Å². The summed E-state index contributed by atoms with van der Waals surface area (Å²) < 4.78 is 0.